The van der Waals surface area contributed by atoms with E-state index in [9.17, 15) is 16.8 Å². The van der Waals surface area contributed by atoms with E-state index in [1.807, 2.05) is 5.43 Å². The van der Waals surface area contributed by atoms with Crippen molar-refractivity contribution in [2.45, 2.75) is 11.8 Å². The van der Waals surface area contributed by atoms with Crippen LogP contribution in [0, 0.1) is 6.92 Å². The van der Waals surface area contributed by atoms with Crippen molar-refractivity contribution < 1.29 is 25.9 Å². The van der Waals surface area contributed by atoms with Gasteiger partial charge in [-0.15, -0.1) is 4.83 Å². The lowest BCUT2D eigenvalue weighted by Crippen LogP contribution is -2.29. The first-order chi connectivity index (χ1) is 7.59. The van der Waals surface area contributed by atoms with Crippen LogP contribution in [0.2, 0.25) is 0 Å². The first-order valence-corrected chi connectivity index (χ1v) is 7.06. The van der Waals surface area contributed by atoms with Crippen molar-refractivity contribution in [3.8, 4) is 0 Å². The molecule has 10 heteroatoms. The van der Waals surface area contributed by atoms with Gasteiger partial charge in [-0.2, -0.15) is 16.8 Å². The fraction of sp³-hybridized carbons (Fsp3) is 0.143. The third kappa shape index (κ3) is 4.28. The molecular weight excluding hydrogens is 272 g/mol. The molecule has 17 heavy (non-hydrogen) atoms. The zero-order chi connectivity index (χ0) is 13.3. The Balaban J connectivity index is 3.17. The van der Waals surface area contributed by atoms with Gasteiger partial charge < -0.3 is 5.43 Å². The first kappa shape index (κ1) is 13.9. The number of hydrogen-bond donors (Lipinski definition) is 4. The number of hydrazine groups is 1. The van der Waals surface area contributed by atoms with Crippen LogP contribution in [0.25, 0.3) is 0 Å². The minimum Gasteiger partial charge on any atom is -0.305 e. The summed E-state index contributed by atoms with van der Waals surface area (Å²) in [5.41, 5.74) is 2.30. The van der Waals surface area contributed by atoms with Crippen molar-refractivity contribution in [1.82, 2.24) is 4.83 Å². The summed E-state index contributed by atoms with van der Waals surface area (Å²) in [6.45, 7) is 1.59. The molecule has 0 atom stereocenters. The van der Waals surface area contributed by atoms with E-state index in [4.69, 9.17) is 9.11 Å². The largest absolute Gasteiger partial charge is 0.350 e. The third-order valence-corrected chi connectivity index (χ3v) is 2.98. The molecule has 0 aliphatic heterocycles. The van der Waals surface area contributed by atoms with Crippen LogP contribution in [-0.2, 0) is 20.4 Å². The first-order valence-electron chi connectivity index (χ1n) is 4.18. The summed E-state index contributed by atoms with van der Waals surface area (Å²) in [5, 5.41) is 0. The maximum Gasteiger partial charge on any atom is 0.350 e. The molecule has 0 amide bonds. The molecule has 0 aliphatic carbocycles. The number of benzene rings is 1. The SMILES string of the molecule is Cc1ccc(NNS(=O)(=O)O)c(S(=O)(=O)O)c1. The van der Waals surface area contributed by atoms with E-state index < -0.39 is 25.3 Å². The van der Waals surface area contributed by atoms with Crippen LogP contribution >= 0.6 is 0 Å². The van der Waals surface area contributed by atoms with Crippen LogP contribution in [0.4, 0.5) is 5.69 Å². The zero-order valence-corrected chi connectivity index (χ0v) is 10.2. The van der Waals surface area contributed by atoms with Gasteiger partial charge in [0.05, 0.1) is 5.69 Å². The van der Waals surface area contributed by atoms with Crippen LogP contribution in [0.15, 0.2) is 23.1 Å². The van der Waals surface area contributed by atoms with Gasteiger partial charge in [0.1, 0.15) is 4.90 Å². The monoisotopic (exact) mass is 282 g/mol. The third-order valence-electron chi connectivity index (χ3n) is 1.73. The van der Waals surface area contributed by atoms with E-state index in [0.717, 1.165) is 6.07 Å². The Hall–Kier alpha value is -1.20. The van der Waals surface area contributed by atoms with E-state index in [0.29, 0.717) is 5.56 Å². The van der Waals surface area contributed by atoms with E-state index >= 15 is 0 Å². The Labute approximate surface area is 98.3 Å². The summed E-state index contributed by atoms with van der Waals surface area (Å²) in [7, 11) is -9.03. The summed E-state index contributed by atoms with van der Waals surface area (Å²) < 4.78 is 60.1. The fourth-order valence-corrected chi connectivity index (χ4v) is 2.04. The van der Waals surface area contributed by atoms with Crippen LogP contribution in [-0.4, -0.2) is 25.9 Å². The van der Waals surface area contributed by atoms with Gasteiger partial charge in [-0.05, 0) is 24.6 Å². The second-order valence-electron chi connectivity index (χ2n) is 3.18. The Morgan fingerprint density at radius 3 is 2.18 bits per heavy atom. The van der Waals surface area contributed by atoms with Crippen LogP contribution < -0.4 is 10.3 Å². The summed E-state index contributed by atoms with van der Waals surface area (Å²) in [6, 6.07) is 3.86. The predicted molar refractivity (Wildman–Crippen MR) is 59.3 cm³/mol. The van der Waals surface area contributed by atoms with Crippen molar-refractivity contribution in [3.05, 3.63) is 23.8 Å². The van der Waals surface area contributed by atoms with Gasteiger partial charge in [0.15, 0.2) is 0 Å². The van der Waals surface area contributed by atoms with Crippen molar-refractivity contribution in [2.75, 3.05) is 5.43 Å². The van der Waals surface area contributed by atoms with Gasteiger partial charge in [-0.1, -0.05) is 6.07 Å². The van der Waals surface area contributed by atoms with Gasteiger partial charge >= 0.3 is 10.3 Å². The smallest absolute Gasteiger partial charge is 0.305 e. The van der Waals surface area contributed by atoms with Crippen molar-refractivity contribution in [1.29, 1.82) is 0 Å². The Morgan fingerprint density at radius 1 is 1.12 bits per heavy atom. The highest BCUT2D eigenvalue weighted by molar-refractivity contribution is 7.86. The Bertz CT molecular complexity index is 622. The summed E-state index contributed by atoms with van der Waals surface area (Å²) in [5.74, 6) is 0. The molecule has 1 rings (SSSR count). The van der Waals surface area contributed by atoms with Gasteiger partial charge in [0.25, 0.3) is 10.1 Å². The Kier molecular flexibility index (Phi) is 3.74. The molecule has 0 spiro atoms. The molecule has 0 aliphatic rings. The summed E-state index contributed by atoms with van der Waals surface area (Å²) in [6.07, 6.45) is 0. The van der Waals surface area contributed by atoms with Crippen LogP contribution in [0.1, 0.15) is 5.56 Å². The van der Waals surface area contributed by atoms with Crippen molar-refractivity contribution in [2.24, 2.45) is 0 Å². The number of nitrogens with one attached hydrogen (secondary N) is 2. The molecule has 96 valence electrons. The van der Waals surface area contributed by atoms with Gasteiger partial charge in [-0.3, -0.25) is 9.11 Å². The van der Waals surface area contributed by atoms with Gasteiger partial charge in [0.2, 0.25) is 0 Å². The highest BCUT2D eigenvalue weighted by Crippen LogP contribution is 2.21. The second kappa shape index (κ2) is 4.58. The molecule has 0 saturated carbocycles. The molecule has 0 fully saturated rings. The maximum atomic E-state index is 11.0. The lowest BCUT2D eigenvalue weighted by Gasteiger charge is -2.10. The van der Waals surface area contributed by atoms with E-state index in [2.05, 4.69) is 0 Å². The molecule has 1 aromatic carbocycles. The minimum atomic E-state index is -4.53. The van der Waals surface area contributed by atoms with Crippen molar-refractivity contribution in [3.63, 3.8) is 0 Å². The predicted octanol–water partition coefficient (Wildman–Crippen LogP) is -0.0390. The highest BCUT2D eigenvalue weighted by atomic mass is 32.2. The summed E-state index contributed by atoms with van der Waals surface area (Å²) in [4.78, 5) is 0.966. The maximum absolute atomic E-state index is 11.0. The number of anilines is 1. The number of rotatable bonds is 4. The van der Waals surface area contributed by atoms with Crippen molar-refractivity contribution >= 4 is 26.1 Å². The molecular formula is C7H10N2O6S2. The lowest BCUT2D eigenvalue weighted by atomic mass is 10.2. The van der Waals surface area contributed by atoms with E-state index in [-0.39, 0.29) is 5.69 Å². The van der Waals surface area contributed by atoms with Gasteiger partial charge in [-0.25, -0.2) is 0 Å². The van der Waals surface area contributed by atoms with Gasteiger partial charge in [0, 0.05) is 0 Å². The van der Waals surface area contributed by atoms with Crippen LogP contribution in [0.3, 0.4) is 0 Å². The number of hydrogen-bond acceptors (Lipinski definition) is 5. The molecule has 0 unspecified atom stereocenters. The second-order valence-corrected chi connectivity index (χ2v) is 5.72. The topological polar surface area (TPSA) is 133 Å². The molecule has 0 heterocycles. The lowest BCUT2D eigenvalue weighted by molar-refractivity contribution is 0.471. The summed E-state index contributed by atoms with van der Waals surface area (Å²) >= 11 is 0. The molecule has 0 aromatic heterocycles. The average Bonchev–Trinajstić information content (AvgIpc) is 2.13. The zero-order valence-electron chi connectivity index (χ0n) is 8.58. The molecule has 1 aromatic rings. The minimum absolute atomic E-state index is 0.212. The Morgan fingerprint density at radius 2 is 1.71 bits per heavy atom. The van der Waals surface area contributed by atoms with Crippen LogP contribution in [0.5, 0.6) is 0 Å². The van der Waals surface area contributed by atoms with E-state index in [1.54, 1.807) is 6.92 Å². The number of aryl methyl sites for hydroxylation is 1. The van der Waals surface area contributed by atoms with E-state index in [1.165, 1.54) is 17.0 Å². The molecule has 8 nitrogen and oxygen atoms in total. The normalized spacial score (nSPS) is 12.4. The molecule has 0 saturated heterocycles. The highest BCUT2D eigenvalue weighted by Gasteiger charge is 2.16. The molecule has 4 N–H and O–H groups in total. The standard InChI is InChI=1S/C7H10N2O6S2/c1-5-2-3-6(8-9-17(13,14)15)7(4-5)16(10,11)12/h2-4,8-9H,1H3,(H,10,11,12)(H,13,14,15). The fourth-order valence-electron chi connectivity index (χ4n) is 1.07. The molecule has 0 radical (unpaired) electrons. The quantitative estimate of drug-likeness (QED) is 0.450. The average molecular weight is 282 g/mol. The molecule has 0 bridgehead atoms.